The number of amides is 1. The van der Waals surface area contributed by atoms with E-state index in [1.807, 2.05) is 32.9 Å². The van der Waals surface area contributed by atoms with Gasteiger partial charge < -0.3 is 10.1 Å². The summed E-state index contributed by atoms with van der Waals surface area (Å²) in [5.41, 5.74) is 4.02. The highest BCUT2D eigenvalue weighted by Crippen LogP contribution is 2.25. The van der Waals surface area contributed by atoms with E-state index in [-0.39, 0.29) is 30.7 Å². The second-order valence-electron chi connectivity index (χ2n) is 6.77. The molecule has 6 nitrogen and oxygen atoms in total. The van der Waals surface area contributed by atoms with Crippen molar-refractivity contribution in [1.29, 1.82) is 0 Å². The molecule has 0 radical (unpaired) electrons. The molecule has 1 aliphatic rings. The quantitative estimate of drug-likeness (QED) is 0.835. The molecule has 140 valence electrons. The predicted molar refractivity (Wildman–Crippen MR) is 99.2 cm³/mol. The van der Waals surface area contributed by atoms with E-state index in [1.54, 1.807) is 0 Å². The molecule has 0 aromatic heterocycles. The maximum absolute atomic E-state index is 12.7. The van der Waals surface area contributed by atoms with Crippen LogP contribution >= 0.6 is 0 Å². The van der Waals surface area contributed by atoms with Crippen molar-refractivity contribution in [3.63, 3.8) is 0 Å². The minimum Gasteiger partial charge on any atom is -0.384 e. The molecule has 0 spiro atoms. The topological polar surface area (TPSA) is 75.7 Å². The Kier molecular flexibility index (Phi) is 6.59. The average Bonchev–Trinajstić information content (AvgIpc) is 2.56. The van der Waals surface area contributed by atoms with E-state index < -0.39 is 10.0 Å². The largest absolute Gasteiger partial charge is 0.384 e. The smallest absolute Gasteiger partial charge is 0.228 e. The van der Waals surface area contributed by atoms with Crippen LogP contribution in [0.25, 0.3) is 0 Å². The number of aryl methyl sites for hydroxylation is 3. The molecule has 0 aliphatic carbocycles. The normalized spacial score (nSPS) is 19.0. The molecule has 2 rings (SSSR count). The van der Waals surface area contributed by atoms with E-state index >= 15 is 0 Å². The molecule has 1 aliphatic heterocycles. The van der Waals surface area contributed by atoms with Gasteiger partial charge in [-0.2, -0.15) is 0 Å². The first kappa shape index (κ1) is 19.9. The number of carbonyl (C=O) groups excluding carboxylic acids is 1. The van der Waals surface area contributed by atoms with Crippen LogP contribution in [-0.4, -0.2) is 51.2 Å². The highest BCUT2D eigenvalue weighted by Gasteiger charge is 2.32. The summed E-state index contributed by atoms with van der Waals surface area (Å²) in [6, 6.07) is 4.07. The van der Waals surface area contributed by atoms with Crippen LogP contribution in [0.2, 0.25) is 0 Å². The Bertz CT molecular complexity index is 708. The highest BCUT2D eigenvalue weighted by molar-refractivity contribution is 7.89. The standard InChI is InChI=1S/C18H28N2O4S/c1-13-10-14(2)17(15(3)11-13)19-18(21)16-6-5-7-20(12-16)25(22,23)9-8-24-4/h10-11,16H,5-9,12H2,1-4H3,(H,19,21). The van der Waals surface area contributed by atoms with E-state index in [0.717, 1.165) is 22.4 Å². The molecule has 1 unspecified atom stereocenters. The van der Waals surface area contributed by atoms with Gasteiger partial charge in [0.15, 0.2) is 0 Å². The number of nitrogens with zero attached hydrogens (tertiary/aromatic N) is 1. The summed E-state index contributed by atoms with van der Waals surface area (Å²) in [5.74, 6) is -0.485. The lowest BCUT2D eigenvalue weighted by Gasteiger charge is -2.31. The summed E-state index contributed by atoms with van der Waals surface area (Å²) in [6.07, 6.45) is 1.39. The van der Waals surface area contributed by atoms with E-state index in [4.69, 9.17) is 4.74 Å². The molecule has 1 amide bonds. The fourth-order valence-electron chi connectivity index (χ4n) is 3.33. The molecule has 0 bridgehead atoms. The van der Waals surface area contributed by atoms with E-state index in [0.29, 0.717) is 19.4 Å². The van der Waals surface area contributed by atoms with Crippen molar-refractivity contribution in [2.45, 2.75) is 33.6 Å². The number of benzene rings is 1. The molecule has 1 fully saturated rings. The molecule has 25 heavy (non-hydrogen) atoms. The minimum absolute atomic E-state index is 0.0476. The number of carbonyl (C=O) groups is 1. The maximum Gasteiger partial charge on any atom is 0.228 e. The molecule has 1 saturated heterocycles. The first-order valence-electron chi connectivity index (χ1n) is 8.60. The van der Waals surface area contributed by atoms with Crippen LogP contribution in [0.15, 0.2) is 12.1 Å². The SMILES string of the molecule is COCCS(=O)(=O)N1CCCC(C(=O)Nc2c(C)cc(C)cc2C)C1. The summed E-state index contributed by atoms with van der Waals surface area (Å²) in [5, 5.41) is 3.01. The monoisotopic (exact) mass is 368 g/mol. The van der Waals surface area contributed by atoms with Crippen LogP contribution < -0.4 is 5.32 Å². The lowest BCUT2D eigenvalue weighted by atomic mass is 9.98. The fraction of sp³-hybridized carbons (Fsp3) is 0.611. The third-order valence-corrected chi connectivity index (χ3v) is 6.42. The molecule has 1 N–H and O–H groups in total. The molecule has 1 heterocycles. The zero-order valence-corrected chi connectivity index (χ0v) is 16.3. The van der Waals surface area contributed by atoms with Crippen molar-refractivity contribution in [1.82, 2.24) is 4.31 Å². The van der Waals surface area contributed by atoms with Crippen molar-refractivity contribution in [3.8, 4) is 0 Å². The second kappa shape index (κ2) is 8.29. The van der Waals surface area contributed by atoms with Crippen LogP contribution in [0, 0.1) is 26.7 Å². The summed E-state index contributed by atoms with van der Waals surface area (Å²) in [6.45, 7) is 6.84. The molecule has 7 heteroatoms. The zero-order chi connectivity index (χ0) is 18.6. The minimum atomic E-state index is -3.38. The first-order chi connectivity index (χ1) is 11.7. The lowest BCUT2D eigenvalue weighted by Crippen LogP contribution is -2.45. The molecule has 0 saturated carbocycles. The van der Waals surface area contributed by atoms with Gasteiger partial charge in [0, 0.05) is 25.9 Å². The Labute approximate surface area is 150 Å². The van der Waals surface area contributed by atoms with Gasteiger partial charge in [0.2, 0.25) is 15.9 Å². The molecular formula is C18H28N2O4S. The highest BCUT2D eigenvalue weighted by atomic mass is 32.2. The van der Waals surface area contributed by atoms with Crippen LogP contribution in [0.1, 0.15) is 29.5 Å². The Hall–Kier alpha value is -1.44. The van der Waals surface area contributed by atoms with Crippen LogP contribution in [0.5, 0.6) is 0 Å². The Balaban J connectivity index is 2.07. The third-order valence-electron chi connectivity index (χ3n) is 4.62. The van der Waals surface area contributed by atoms with Gasteiger partial charge in [-0.05, 0) is 44.7 Å². The van der Waals surface area contributed by atoms with Crippen molar-refractivity contribution in [3.05, 3.63) is 28.8 Å². The van der Waals surface area contributed by atoms with Crippen molar-refractivity contribution in [2.75, 3.05) is 37.9 Å². The van der Waals surface area contributed by atoms with Gasteiger partial charge in [-0.3, -0.25) is 4.79 Å². The number of ether oxygens (including phenoxy) is 1. The van der Waals surface area contributed by atoms with Crippen LogP contribution in [0.4, 0.5) is 5.69 Å². The van der Waals surface area contributed by atoms with Gasteiger partial charge in [0.1, 0.15) is 0 Å². The first-order valence-corrected chi connectivity index (χ1v) is 10.2. The van der Waals surface area contributed by atoms with Gasteiger partial charge >= 0.3 is 0 Å². The number of hydrogen-bond donors (Lipinski definition) is 1. The van der Waals surface area contributed by atoms with E-state index in [2.05, 4.69) is 5.32 Å². The van der Waals surface area contributed by atoms with Gasteiger partial charge in [-0.25, -0.2) is 12.7 Å². The molecule has 1 aromatic rings. The molecule has 1 atom stereocenters. The number of rotatable bonds is 6. The zero-order valence-electron chi connectivity index (χ0n) is 15.5. The number of nitrogens with one attached hydrogen (secondary N) is 1. The molecular weight excluding hydrogens is 340 g/mol. The van der Waals surface area contributed by atoms with Crippen LogP contribution in [0.3, 0.4) is 0 Å². The summed E-state index contributed by atoms with van der Waals surface area (Å²) >= 11 is 0. The second-order valence-corrected chi connectivity index (χ2v) is 8.86. The molecule has 1 aromatic carbocycles. The Morgan fingerprint density at radius 1 is 1.28 bits per heavy atom. The summed E-state index contributed by atoms with van der Waals surface area (Å²) < 4.78 is 31.0. The van der Waals surface area contributed by atoms with Crippen molar-refractivity contribution >= 4 is 21.6 Å². The third kappa shape index (κ3) is 5.03. The van der Waals surface area contributed by atoms with Crippen molar-refractivity contribution < 1.29 is 17.9 Å². The number of anilines is 1. The number of sulfonamides is 1. The fourth-order valence-corrected chi connectivity index (χ4v) is 4.78. The van der Waals surface area contributed by atoms with Gasteiger partial charge in [-0.1, -0.05) is 17.7 Å². The Morgan fingerprint density at radius 3 is 2.52 bits per heavy atom. The van der Waals surface area contributed by atoms with E-state index in [1.165, 1.54) is 11.4 Å². The number of hydrogen-bond acceptors (Lipinski definition) is 4. The maximum atomic E-state index is 12.7. The average molecular weight is 368 g/mol. The van der Waals surface area contributed by atoms with Crippen LogP contribution in [-0.2, 0) is 19.6 Å². The summed E-state index contributed by atoms with van der Waals surface area (Å²) in [7, 11) is -1.90. The number of methoxy groups -OCH3 is 1. The van der Waals surface area contributed by atoms with Gasteiger partial charge in [0.25, 0.3) is 0 Å². The van der Waals surface area contributed by atoms with Gasteiger partial charge in [0.05, 0.1) is 18.3 Å². The lowest BCUT2D eigenvalue weighted by molar-refractivity contribution is -0.120. The predicted octanol–water partition coefficient (Wildman–Crippen LogP) is 2.24. The van der Waals surface area contributed by atoms with E-state index in [9.17, 15) is 13.2 Å². The number of piperidine rings is 1. The Morgan fingerprint density at radius 2 is 1.92 bits per heavy atom. The summed E-state index contributed by atoms with van der Waals surface area (Å²) in [4.78, 5) is 12.7. The van der Waals surface area contributed by atoms with Gasteiger partial charge in [-0.15, -0.1) is 0 Å². The van der Waals surface area contributed by atoms with Crippen molar-refractivity contribution in [2.24, 2.45) is 5.92 Å².